The molecule has 28 heavy (non-hydrogen) atoms. The van der Waals surface area contributed by atoms with Gasteiger partial charge < -0.3 is 16.0 Å². The van der Waals surface area contributed by atoms with E-state index in [1.807, 2.05) is 6.92 Å². The van der Waals surface area contributed by atoms with Gasteiger partial charge in [0.2, 0.25) is 11.8 Å². The van der Waals surface area contributed by atoms with Crippen molar-refractivity contribution in [2.45, 2.75) is 6.92 Å². The number of nitrogens with zero attached hydrogens (tertiary/aromatic N) is 1. The Morgan fingerprint density at radius 3 is 2.14 bits per heavy atom. The van der Waals surface area contributed by atoms with Crippen molar-refractivity contribution in [3.05, 3.63) is 59.1 Å². The highest BCUT2D eigenvalue weighted by atomic mass is 35.5. The molecule has 0 aliphatic rings. The minimum Gasteiger partial charge on any atom is -0.352 e. The smallest absolute Gasteiger partial charge is 0.251 e. The van der Waals surface area contributed by atoms with Gasteiger partial charge in [-0.1, -0.05) is 17.7 Å². The molecule has 0 atom stereocenters. The summed E-state index contributed by atoms with van der Waals surface area (Å²) < 4.78 is 0. The van der Waals surface area contributed by atoms with Crippen molar-refractivity contribution in [2.24, 2.45) is 0 Å². The van der Waals surface area contributed by atoms with Crippen LogP contribution in [0.5, 0.6) is 0 Å². The summed E-state index contributed by atoms with van der Waals surface area (Å²) in [7, 11) is 1.67. The molecule has 2 rings (SSSR count). The molecule has 3 N–H and O–H groups in total. The summed E-state index contributed by atoms with van der Waals surface area (Å²) in [6.07, 6.45) is 0. The van der Waals surface area contributed by atoms with Crippen LogP contribution in [0.2, 0.25) is 5.02 Å². The Kier molecular flexibility index (Phi) is 7.98. The Bertz CT molecular complexity index is 840. The van der Waals surface area contributed by atoms with E-state index in [2.05, 4.69) is 16.0 Å². The number of rotatable bonds is 8. The van der Waals surface area contributed by atoms with E-state index in [0.29, 0.717) is 28.5 Å². The van der Waals surface area contributed by atoms with Crippen molar-refractivity contribution in [2.75, 3.05) is 37.3 Å². The first-order valence-electron chi connectivity index (χ1n) is 8.79. The second-order valence-electron chi connectivity index (χ2n) is 6.22. The summed E-state index contributed by atoms with van der Waals surface area (Å²) in [6, 6.07) is 13.5. The Hall–Kier alpha value is -2.90. The first-order chi connectivity index (χ1) is 13.4. The average Bonchev–Trinajstić information content (AvgIpc) is 2.63. The molecule has 7 nitrogen and oxygen atoms in total. The SMILES string of the molecule is CCNC(=O)c1cccc(NC(=O)CN(C)CC(=O)Nc2ccc(Cl)cc2)c1. The van der Waals surface area contributed by atoms with E-state index in [0.717, 1.165) is 0 Å². The van der Waals surface area contributed by atoms with E-state index < -0.39 is 0 Å². The van der Waals surface area contributed by atoms with E-state index in [-0.39, 0.29) is 30.8 Å². The second-order valence-corrected chi connectivity index (χ2v) is 6.65. The molecule has 0 spiro atoms. The highest BCUT2D eigenvalue weighted by Gasteiger charge is 2.12. The van der Waals surface area contributed by atoms with Gasteiger partial charge in [-0.05, 0) is 56.4 Å². The van der Waals surface area contributed by atoms with Crippen LogP contribution in [0.25, 0.3) is 0 Å². The maximum Gasteiger partial charge on any atom is 0.251 e. The first-order valence-corrected chi connectivity index (χ1v) is 9.17. The number of hydrogen-bond donors (Lipinski definition) is 3. The number of anilines is 2. The van der Waals surface area contributed by atoms with Crippen LogP contribution < -0.4 is 16.0 Å². The lowest BCUT2D eigenvalue weighted by Gasteiger charge is -2.16. The molecule has 0 saturated carbocycles. The first kappa shape index (κ1) is 21.4. The minimum absolute atomic E-state index is 0.0272. The van der Waals surface area contributed by atoms with Gasteiger partial charge in [0.15, 0.2) is 0 Å². The molecule has 2 aromatic carbocycles. The monoisotopic (exact) mass is 402 g/mol. The van der Waals surface area contributed by atoms with Crippen LogP contribution in [0.1, 0.15) is 17.3 Å². The van der Waals surface area contributed by atoms with Crippen LogP contribution in [0.4, 0.5) is 11.4 Å². The van der Waals surface area contributed by atoms with E-state index in [1.165, 1.54) is 0 Å². The Labute approximate surface area is 169 Å². The maximum absolute atomic E-state index is 12.2. The fraction of sp³-hybridized carbons (Fsp3) is 0.250. The van der Waals surface area contributed by atoms with Gasteiger partial charge >= 0.3 is 0 Å². The molecule has 0 aromatic heterocycles. The van der Waals surface area contributed by atoms with E-state index in [9.17, 15) is 14.4 Å². The van der Waals surface area contributed by atoms with Gasteiger partial charge in [-0.15, -0.1) is 0 Å². The lowest BCUT2D eigenvalue weighted by Crippen LogP contribution is -2.36. The fourth-order valence-electron chi connectivity index (χ4n) is 2.48. The molecule has 0 bridgehead atoms. The highest BCUT2D eigenvalue weighted by molar-refractivity contribution is 6.30. The third-order valence-electron chi connectivity index (χ3n) is 3.70. The third-order valence-corrected chi connectivity index (χ3v) is 3.95. The van der Waals surface area contributed by atoms with Gasteiger partial charge in [0, 0.05) is 28.5 Å². The Morgan fingerprint density at radius 1 is 0.929 bits per heavy atom. The van der Waals surface area contributed by atoms with Crippen molar-refractivity contribution >= 4 is 40.7 Å². The van der Waals surface area contributed by atoms with Crippen LogP contribution in [0, 0.1) is 0 Å². The fourth-order valence-corrected chi connectivity index (χ4v) is 2.61. The van der Waals surface area contributed by atoms with Gasteiger partial charge in [-0.3, -0.25) is 19.3 Å². The molecule has 0 fully saturated rings. The molecule has 0 aliphatic carbocycles. The van der Waals surface area contributed by atoms with Crippen LogP contribution in [-0.4, -0.2) is 49.3 Å². The summed E-state index contributed by atoms with van der Waals surface area (Å²) in [5.74, 6) is -0.722. The maximum atomic E-state index is 12.2. The number of benzene rings is 2. The number of likely N-dealkylation sites (N-methyl/N-ethyl adjacent to an activating group) is 1. The van der Waals surface area contributed by atoms with Crippen LogP contribution in [0.15, 0.2) is 48.5 Å². The molecule has 0 aliphatic heterocycles. The van der Waals surface area contributed by atoms with Crippen LogP contribution in [-0.2, 0) is 9.59 Å². The largest absolute Gasteiger partial charge is 0.352 e. The van der Waals surface area contributed by atoms with Crippen molar-refractivity contribution in [1.82, 2.24) is 10.2 Å². The predicted octanol–water partition coefficient (Wildman–Crippen LogP) is 2.60. The zero-order chi connectivity index (χ0) is 20.5. The van der Waals surface area contributed by atoms with Crippen LogP contribution >= 0.6 is 11.6 Å². The molecule has 3 amide bonds. The summed E-state index contributed by atoms with van der Waals surface area (Å²) in [6.45, 7) is 2.44. The van der Waals surface area contributed by atoms with Gasteiger partial charge in [0.1, 0.15) is 0 Å². The lowest BCUT2D eigenvalue weighted by molar-refractivity contribution is -0.119. The molecule has 0 saturated heterocycles. The van der Waals surface area contributed by atoms with Crippen LogP contribution in [0.3, 0.4) is 0 Å². The zero-order valence-electron chi connectivity index (χ0n) is 15.8. The van der Waals surface area contributed by atoms with Gasteiger partial charge in [-0.25, -0.2) is 0 Å². The highest BCUT2D eigenvalue weighted by Crippen LogP contribution is 2.13. The zero-order valence-corrected chi connectivity index (χ0v) is 16.5. The van der Waals surface area contributed by atoms with Crippen molar-refractivity contribution in [1.29, 1.82) is 0 Å². The third kappa shape index (κ3) is 7.02. The van der Waals surface area contributed by atoms with Crippen molar-refractivity contribution in [3.8, 4) is 0 Å². The number of hydrogen-bond acceptors (Lipinski definition) is 4. The summed E-state index contributed by atoms with van der Waals surface area (Å²) in [5, 5.41) is 8.77. The van der Waals surface area contributed by atoms with Gasteiger partial charge in [-0.2, -0.15) is 0 Å². The topological polar surface area (TPSA) is 90.5 Å². The molecule has 148 valence electrons. The molecular weight excluding hydrogens is 380 g/mol. The number of carbonyl (C=O) groups is 3. The average molecular weight is 403 g/mol. The number of carbonyl (C=O) groups excluding carboxylic acids is 3. The Morgan fingerprint density at radius 2 is 1.54 bits per heavy atom. The summed E-state index contributed by atoms with van der Waals surface area (Å²) in [4.78, 5) is 37.7. The molecule has 0 unspecified atom stereocenters. The lowest BCUT2D eigenvalue weighted by atomic mass is 10.2. The second kappa shape index (κ2) is 10.4. The standard InChI is InChI=1S/C20H23ClN4O3/c1-3-22-20(28)14-5-4-6-17(11-14)24-19(27)13-25(2)12-18(26)23-16-9-7-15(21)8-10-16/h4-11H,3,12-13H2,1-2H3,(H,22,28)(H,23,26)(H,24,27). The number of halogens is 1. The molecule has 8 heteroatoms. The summed E-state index contributed by atoms with van der Waals surface area (Å²) in [5.41, 5.74) is 1.62. The van der Waals surface area contributed by atoms with Gasteiger partial charge in [0.25, 0.3) is 5.91 Å². The van der Waals surface area contributed by atoms with Crippen molar-refractivity contribution < 1.29 is 14.4 Å². The Balaban J connectivity index is 1.83. The van der Waals surface area contributed by atoms with Crippen molar-refractivity contribution in [3.63, 3.8) is 0 Å². The number of nitrogens with one attached hydrogen (secondary N) is 3. The molecule has 0 radical (unpaired) electrons. The normalized spacial score (nSPS) is 10.4. The molecule has 2 aromatic rings. The van der Waals surface area contributed by atoms with Gasteiger partial charge in [0.05, 0.1) is 13.1 Å². The summed E-state index contributed by atoms with van der Waals surface area (Å²) >= 11 is 5.81. The minimum atomic E-state index is -0.283. The van der Waals surface area contributed by atoms with E-state index in [4.69, 9.17) is 11.6 Å². The van der Waals surface area contributed by atoms with E-state index >= 15 is 0 Å². The molecular formula is C20H23ClN4O3. The van der Waals surface area contributed by atoms with E-state index in [1.54, 1.807) is 60.5 Å². The molecule has 0 heterocycles. The quantitative estimate of drug-likeness (QED) is 0.633. The number of amides is 3. The predicted molar refractivity (Wildman–Crippen MR) is 111 cm³/mol.